The van der Waals surface area contributed by atoms with Crippen molar-refractivity contribution < 1.29 is 4.74 Å². The molecule has 156 valence electrons. The number of nitrogens with zero attached hydrogens (tertiary/aromatic N) is 5. The third-order valence-corrected chi connectivity index (χ3v) is 5.57. The molecule has 1 saturated heterocycles. The van der Waals surface area contributed by atoms with Crippen LogP contribution in [0.5, 0.6) is 5.75 Å². The Morgan fingerprint density at radius 2 is 1.70 bits per heavy atom. The van der Waals surface area contributed by atoms with Gasteiger partial charge in [-0.25, -0.2) is 9.97 Å². The topological polar surface area (TPSA) is 54.4 Å². The van der Waals surface area contributed by atoms with E-state index in [0.717, 1.165) is 61.2 Å². The summed E-state index contributed by atoms with van der Waals surface area (Å²) in [5.41, 5.74) is 4.29. The summed E-state index contributed by atoms with van der Waals surface area (Å²) in [6, 6.07) is 14.3. The Morgan fingerprint density at radius 3 is 2.37 bits per heavy atom. The first-order valence-electron chi connectivity index (χ1n) is 10.6. The molecular weight excluding hydrogens is 374 g/mol. The first-order valence-corrected chi connectivity index (χ1v) is 10.6. The van der Waals surface area contributed by atoms with Crippen LogP contribution >= 0.6 is 0 Å². The molecule has 3 heterocycles. The van der Waals surface area contributed by atoms with Crippen molar-refractivity contribution in [1.29, 1.82) is 0 Å². The molecular formula is C24H29N5O. The minimum Gasteiger partial charge on any atom is -0.494 e. The minimum atomic E-state index is 0.700. The summed E-state index contributed by atoms with van der Waals surface area (Å²) in [5.74, 6) is 2.67. The molecule has 1 aromatic carbocycles. The predicted octanol–water partition coefficient (Wildman–Crippen LogP) is 3.88. The lowest BCUT2D eigenvalue weighted by molar-refractivity contribution is 0.249. The Kier molecular flexibility index (Phi) is 6.23. The van der Waals surface area contributed by atoms with Crippen LogP contribution in [0, 0.1) is 13.8 Å². The van der Waals surface area contributed by atoms with Gasteiger partial charge in [0.15, 0.2) is 5.82 Å². The molecule has 0 radical (unpaired) electrons. The second-order valence-electron chi connectivity index (χ2n) is 7.64. The van der Waals surface area contributed by atoms with E-state index in [1.807, 2.05) is 25.1 Å². The van der Waals surface area contributed by atoms with Gasteiger partial charge in [0, 0.05) is 50.2 Å². The molecule has 3 aromatic rings. The Hall–Kier alpha value is -2.99. The lowest BCUT2D eigenvalue weighted by Gasteiger charge is -2.36. The van der Waals surface area contributed by atoms with Gasteiger partial charge in [-0.15, -0.1) is 0 Å². The van der Waals surface area contributed by atoms with E-state index in [9.17, 15) is 0 Å². The molecule has 0 atom stereocenters. The maximum absolute atomic E-state index is 5.54. The monoisotopic (exact) mass is 403 g/mol. The van der Waals surface area contributed by atoms with Gasteiger partial charge in [0.1, 0.15) is 17.3 Å². The van der Waals surface area contributed by atoms with Crippen molar-refractivity contribution in [2.75, 3.05) is 37.7 Å². The second kappa shape index (κ2) is 9.22. The number of hydrogen-bond donors (Lipinski definition) is 0. The van der Waals surface area contributed by atoms with E-state index in [2.05, 4.69) is 57.9 Å². The van der Waals surface area contributed by atoms with Crippen molar-refractivity contribution >= 4 is 5.82 Å². The van der Waals surface area contributed by atoms with E-state index in [1.54, 1.807) is 6.20 Å². The quantitative estimate of drug-likeness (QED) is 0.623. The molecule has 1 fully saturated rings. The molecule has 0 unspecified atom stereocenters. The van der Waals surface area contributed by atoms with Crippen molar-refractivity contribution in [3.63, 3.8) is 0 Å². The molecule has 0 bridgehead atoms. The van der Waals surface area contributed by atoms with E-state index in [-0.39, 0.29) is 0 Å². The molecule has 1 aliphatic heterocycles. The van der Waals surface area contributed by atoms with Crippen LogP contribution in [0.25, 0.3) is 11.5 Å². The van der Waals surface area contributed by atoms with Crippen LogP contribution in [0.3, 0.4) is 0 Å². The number of benzene rings is 1. The van der Waals surface area contributed by atoms with Gasteiger partial charge in [0.05, 0.1) is 6.61 Å². The van der Waals surface area contributed by atoms with Gasteiger partial charge in [-0.3, -0.25) is 9.88 Å². The van der Waals surface area contributed by atoms with Crippen LogP contribution in [-0.2, 0) is 6.54 Å². The zero-order valence-corrected chi connectivity index (χ0v) is 18.0. The van der Waals surface area contributed by atoms with Crippen molar-refractivity contribution in [2.45, 2.75) is 27.3 Å². The van der Waals surface area contributed by atoms with Gasteiger partial charge in [-0.05, 0) is 50.6 Å². The second-order valence-corrected chi connectivity index (χ2v) is 7.64. The van der Waals surface area contributed by atoms with Gasteiger partial charge >= 0.3 is 0 Å². The van der Waals surface area contributed by atoms with Crippen LogP contribution in [-0.4, -0.2) is 52.6 Å². The van der Waals surface area contributed by atoms with E-state index in [0.29, 0.717) is 12.4 Å². The molecule has 4 rings (SSSR count). The Labute approximate surface area is 178 Å². The zero-order chi connectivity index (χ0) is 20.9. The molecule has 1 aliphatic rings. The molecule has 2 aromatic heterocycles. The number of aromatic nitrogens is 3. The Bertz CT molecular complexity index is 967. The fourth-order valence-corrected chi connectivity index (χ4v) is 3.76. The van der Waals surface area contributed by atoms with Crippen LogP contribution in [0.1, 0.15) is 23.7 Å². The zero-order valence-electron chi connectivity index (χ0n) is 18.0. The van der Waals surface area contributed by atoms with Gasteiger partial charge in [0.25, 0.3) is 0 Å². The minimum absolute atomic E-state index is 0.700. The number of aryl methyl sites for hydroxylation is 1. The van der Waals surface area contributed by atoms with Gasteiger partial charge in [0.2, 0.25) is 0 Å². The number of anilines is 1. The fourth-order valence-electron chi connectivity index (χ4n) is 3.76. The average molecular weight is 404 g/mol. The first-order chi connectivity index (χ1) is 14.6. The maximum Gasteiger partial charge on any atom is 0.180 e. The van der Waals surface area contributed by atoms with Gasteiger partial charge < -0.3 is 9.64 Å². The van der Waals surface area contributed by atoms with E-state index < -0.39 is 0 Å². The molecule has 30 heavy (non-hydrogen) atoms. The number of ether oxygens (including phenoxy) is 1. The summed E-state index contributed by atoms with van der Waals surface area (Å²) in [6.45, 7) is 11.8. The third kappa shape index (κ3) is 4.60. The van der Waals surface area contributed by atoms with Crippen molar-refractivity contribution in [1.82, 2.24) is 19.9 Å². The highest BCUT2D eigenvalue weighted by atomic mass is 16.5. The van der Waals surface area contributed by atoms with Crippen molar-refractivity contribution in [2.24, 2.45) is 0 Å². The number of rotatable bonds is 6. The molecule has 0 N–H and O–H groups in total. The van der Waals surface area contributed by atoms with Crippen LogP contribution in [0.2, 0.25) is 0 Å². The maximum atomic E-state index is 5.54. The van der Waals surface area contributed by atoms with Crippen LogP contribution in [0.15, 0.2) is 48.7 Å². The average Bonchev–Trinajstić information content (AvgIpc) is 2.78. The van der Waals surface area contributed by atoms with Crippen LogP contribution in [0.4, 0.5) is 5.82 Å². The Morgan fingerprint density at radius 1 is 0.933 bits per heavy atom. The summed E-state index contributed by atoms with van der Waals surface area (Å²) >= 11 is 0. The first kappa shape index (κ1) is 20.3. The molecule has 0 aliphatic carbocycles. The largest absolute Gasteiger partial charge is 0.494 e. The summed E-state index contributed by atoms with van der Waals surface area (Å²) in [7, 11) is 0. The molecule has 6 heteroatoms. The summed E-state index contributed by atoms with van der Waals surface area (Å²) < 4.78 is 5.54. The number of pyridine rings is 1. The van der Waals surface area contributed by atoms with Crippen molar-refractivity contribution in [3.05, 3.63) is 65.5 Å². The summed E-state index contributed by atoms with van der Waals surface area (Å²) in [6.07, 6.45) is 1.78. The summed E-state index contributed by atoms with van der Waals surface area (Å²) in [4.78, 5) is 18.8. The molecule has 0 spiro atoms. The molecule has 0 saturated carbocycles. The molecule has 6 nitrogen and oxygen atoms in total. The van der Waals surface area contributed by atoms with Gasteiger partial charge in [-0.2, -0.15) is 0 Å². The SMILES string of the molecule is CCOc1ccc(CN2CCN(c3nc(-c4ccccn4)nc(C)c3C)CC2)cc1. The highest BCUT2D eigenvalue weighted by Gasteiger charge is 2.21. The highest BCUT2D eigenvalue weighted by Crippen LogP contribution is 2.25. The predicted molar refractivity (Wildman–Crippen MR) is 120 cm³/mol. The normalized spacial score (nSPS) is 14.7. The van der Waals surface area contributed by atoms with E-state index in [4.69, 9.17) is 9.72 Å². The highest BCUT2D eigenvalue weighted by molar-refractivity contribution is 5.57. The fraction of sp³-hybridized carbons (Fsp3) is 0.375. The van der Waals surface area contributed by atoms with Crippen LogP contribution < -0.4 is 9.64 Å². The van der Waals surface area contributed by atoms with Gasteiger partial charge in [-0.1, -0.05) is 18.2 Å². The molecule has 0 amide bonds. The smallest absolute Gasteiger partial charge is 0.180 e. The number of hydrogen-bond acceptors (Lipinski definition) is 6. The number of piperazine rings is 1. The Balaban J connectivity index is 1.43. The van der Waals surface area contributed by atoms with E-state index >= 15 is 0 Å². The third-order valence-electron chi connectivity index (χ3n) is 5.57. The van der Waals surface area contributed by atoms with Crippen molar-refractivity contribution in [3.8, 4) is 17.3 Å². The lowest BCUT2D eigenvalue weighted by Crippen LogP contribution is -2.46. The summed E-state index contributed by atoms with van der Waals surface area (Å²) in [5, 5.41) is 0. The lowest BCUT2D eigenvalue weighted by atomic mass is 10.1. The standard InChI is InChI=1S/C24H29N5O/c1-4-30-21-10-8-20(9-11-21)17-28-13-15-29(16-14-28)24-18(2)19(3)26-23(27-24)22-7-5-6-12-25-22/h5-12H,4,13-17H2,1-3H3. The van der Waals surface area contributed by atoms with E-state index in [1.165, 1.54) is 5.56 Å².